The predicted molar refractivity (Wildman–Crippen MR) is 58.5 cm³/mol. The lowest BCUT2D eigenvalue weighted by atomic mass is 9.96. The molecule has 0 fully saturated rings. The first kappa shape index (κ1) is 10.5. The summed E-state index contributed by atoms with van der Waals surface area (Å²) in [4.78, 5) is 10.6. The van der Waals surface area contributed by atoms with Crippen LogP contribution in [0.15, 0.2) is 28.9 Å². The molecule has 0 aliphatic rings. The van der Waals surface area contributed by atoms with Gasteiger partial charge in [0, 0.05) is 11.5 Å². The molecule has 0 radical (unpaired) electrons. The fourth-order valence-electron chi connectivity index (χ4n) is 1.78. The van der Waals surface area contributed by atoms with Crippen LogP contribution in [0.2, 0.25) is 0 Å². The molecule has 2 rings (SSSR count). The molecule has 16 heavy (non-hydrogen) atoms. The highest BCUT2D eigenvalue weighted by molar-refractivity contribution is 5.80. The summed E-state index contributed by atoms with van der Waals surface area (Å²) in [6.07, 6.45) is 1.53. The Morgan fingerprint density at radius 1 is 1.50 bits per heavy atom. The third-order valence-corrected chi connectivity index (χ3v) is 2.61. The Balaban J connectivity index is 2.42. The van der Waals surface area contributed by atoms with Gasteiger partial charge in [-0.25, -0.2) is 0 Å². The van der Waals surface area contributed by atoms with Crippen LogP contribution < -0.4 is 0 Å². The second kappa shape index (κ2) is 3.89. The highest BCUT2D eigenvalue weighted by Gasteiger charge is 2.15. The van der Waals surface area contributed by atoms with E-state index in [9.17, 15) is 9.90 Å². The zero-order valence-corrected chi connectivity index (χ0v) is 8.80. The van der Waals surface area contributed by atoms with Crippen LogP contribution in [0, 0.1) is 0 Å². The highest BCUT2D eigenvalue weighted by atomic mass is 16.4. The Morgan fingerprint density at radius 2 is 2.25 bits per heavy atom. The Labute approximate surface area is 92.1 Å². The maximum atomic E-state index is 10.6. The molecule has 0 saturated heterocycles. The number of phenolic OH excluding ortho intramolecular Hbond substituents is 1. The average molecular weight is 220 g/mol. The minimum absolute atomic E-state index is 0.00306. The average Bonchev–Trinajstić information content (AvgIpc) is 2.61. The van der Waals surface area contributed by atoms with Gasteiger partial charge in [0.05, 0.1) is 12.7 Å². The molecule has 0 bridgehead atoms. The molecule has 84 valence electrons. The number of rotatable bonds is 3. The number of aromatic hydroxyl groups is 1. The fourth-order valence-corrected chi connectivity index (χ4v) is 1.78. The summed E-state index contributed by atoms with van der Waals surface area (Å²) in [6, 6.07) is 5.07. The van der Waals surface area contributed by atoms with Gasteiger partial charge in [0.25, 0.3) is 0 Å². The molecule has 4 nitrogen and oxygen atoms in total. The van der Waals surface area contributed by atoms with Crippen LogP contribution in [-0.2, 0) is 4.79 Å². The summed E-state index contributed by atoms with van der Waals surface area (Å²) in [6.45, 7) is 1.77. The van der Waals surface area contributed by atoms with Gasteiger partial charge in [0.2, 0.25) is 0 Å². The third-order valence-electron chi connectivity index (χ3n) is 2.61. The van der Waals surface area contributed by atoms with Crippen LogP contribution >= 0.6 is 0 Å². The van der Waals surface area contributed by atoms with Crippen molar-refractivity contribution in [3.05, 3.63) is 30.0 Å². The van der Waals surface area contributed by atoms with Crippen LogP contribution in [0.5, 0.6) is 5.75 Å². The number of hydrogen-bond acceptors (Lipinski definition) is 3. The third kappa shape index (κ3) is 1.86. The van der Waals surface area contributed by atoms with Gasteiger partial charge in [0.15, 0.2) is 0 Å². The number of aliphatic carboxylic acids is 1. The van der Waals surface area contributed by atoms with Gasteiger partial charge >= 0.3 is 5.97 Å². The van der Waals surface area contributed by atoms with Crippen molar-refractivity contribution < 1.29 is 19.4 Å². The molecule has 0 aliphatic heterocycles. The summed E-state index contributed by atoms with van der Waals surface area (Å²) in [5, 5.41) is 19.3. The second-order valence-corrected chi connectivity index (χ2v) is 3.87. The van der Waals surface area contributed by atoms with E-state index >= 15 is 0 Å². The Morgan fingerprint density at radius 3 is 2.94 bits per heavy atom. The smallest absolute Gasteiger partial charge is 0.303 e. The Hall–Kier alpha value is -1.97. The molecule has 1 heterocycles. The standard InChI is InChI=1S/C12H12O4/c1-7(4-12(14)15)9-5-8-2-3-16-11(8)6-10(9)13/h2-3,5-7,13H,4H2,1H3,(H,14,15). The molecular weight excluding hydrogens is 208 g/mol. The van der Waals surface area contributed by atoms with Crippen LogP contribution in [0.3, 0.4) is 0 Å². The van der Waals surface area contributed by atoms with Crippen LogP contribution in [0.4, 0.5) is 0 Å². The SMILES string of the molecule is CC(CC(=O)O)c1cc2ccoc2cc1O. The van der Waals surface area contributed by atoms with Gasteiger partial charge in [-0.1, -0.05) is 6.92 Å². The van der Waals surface area contributed by atoms with E-state index in [4.69, 9.17) is 9.52 Å². The van der Waals surface area contributed by atoms with Gasteiger partial charge in [0.1, 0.15) is 11.3 Å². The Bertz CT molecular complexity index is 527. The number of carboxylic acid groups (broad SMARTS) is 1. The van der Waals surface area contributed by atoms with Crippen molar-refractivity contribution in [1.29, 1.82) is 0 Å². The molecule has 0 amide bonds. The minimum atomic E-state index is -0.876. The molecule has 0 saturated carbocycles. The topological polar surface area (TPSA) is 70.7 Å². The summed E-state index contributed by atoms with van der Waals surface area (Å²) in [7, 11) is 0. The fraction of sp³-hybridized carbons (Fsp3) is 0.250. The lowest BCUT2D eigenvalue weighted by Gasteiger charge is -2.11. The Kier molecular flexibility index (Phi) is 2.56. The van der Waals surface area contributed by atoms with Gasteiger partial charge < -0.3 is 14.6 Å². The first-order valence-corrected chi connectivity index (χ1v) is 5.00. The quantitative estimate of drug-likeness (QED) is 0.834. The van der Waals surface area contributed by atoms with Crippen molar-refractivity contribution in [1.82, 2.24) is 0 Å². The zero-order chi connectivity index (χ0) is 11.7. The van der Waals surface area contributed by atoms with Crippen LogP contribution in [0.1, 0.15) is 24.8 Å². The molecule has 2 aromatic rings. The number of fused-ring (bicyclic) bond motifs is 1. The van der Waals surface area contributed by atoms with E-state index in [2.05, 4.69) is 0 Å². The van der Waals surface area contributed by atoms with Crippen molar-refractivity contribution >= 4 is 16.9 Å². The van der Waals surface area contributed by atoms with Gasteiger partial charge in [-0.05, 0) is 23.6 Å². The molecule has 1 atom stereocenters. The number of phenols is 1. The number of carboxylic acids is 1. The van der Waals surface area contributed by atoms with Gasteiger partial charge in [-0.15, -0.1) is 0 Å². The lowest BCUT2D eigenvalue weighted by Crippen LogP contribution is -2.02. The number of carbonyl (C=O) groups is 1. The van der Waals surface area contributed by atoms with Crippen molar-refractivity contribution in [3.63, 3.8) is 0 Å². The van der Waals surface area contributed by atoms with Crippen molar-refractivity contribution in [2.75, 3.05) is 0 Å². The number of furan rings is 1. The van der Waals surface area contributed by atoms with Crippen LogP contribution in [0.25, 0.3) is 11.0 Å². The van der Waals surface area contributed by atoms with E-state index < -0.39 is 5.97 Å². The van der Waals surface area contributed by atoms with Gasteiger partial charge in [-0.3, -0.25) is 4.79 Å². The maximum Gasteiger partial charge on any atom is 0.303 e. The van der Waals surface area contributed by atoms with E-state index in [0.717, 1.165) is 5.39 Å². The van der Waals surface area contributed by atoms with Crippen molar-refractivity contribution in [3.8, 4) is 5.75 Å². The van der Waals surface area contributed by atoms with E-state index in [1.54, 1.807) is 19.1 Å². The molecule has 1 unspecified atom stereocenters. The first-order valence-electron chi connectivity index (χ1n) is 5.00. The molecule has 2 N–H and O–H groups in total. The van der Waals surface area contributed by atoms with Crippen molar-refractivity contribution in [2.24, 2.45) is 0 Å². The molecule has 1 aromatic heterocycles. The number of benzene rings is 1. The zero-order valence-electron chi connectivity index (χ0n) is 8.80. The largest absolute Gasteiger partial charge is 0.508 e. The maximum absolute atomic E-state index is 10.6. The molecule has 1 aromatic carbocycles. The normalized spacial score (nSPS) is 12.8. The molecule has 0 aliphatic carbocycles. The van der Waals surface area contributed by atoms with Gasteiger partial charge in [-0.2, -0.15) is 0 Å². The lowest BCUT2D eigenvalue weighted by molar-refractivity contribution is -0.137. The highest BCUT2D eigenvalue weighted by Crippen LogP contribution is 2.32. The summed E-state index contributed by atoms with van der Waals surface area (Å²) in [5.41, 5.74) is 1.24. The predicted octanol–water partition coefficient (Wildman–Crippen LogP) is 2.72. The summed E-state index contributed by atoms with van der Waals surface area (Å²) < 4.78 is 5.14. The minimum Gasteiger partial charge on any atom is -0.508 e. The summed E-state index contributed by atoms with van der Waals surface area (Å²) >= 11 is 0. The van der Waals surface area contributed by atoms with E-state index in [1.807, 2.05) is 0 Å². The summed E-state index contributed by atoms with van der Waals surface area (Å²) in [5.74, 6) is -1.02. The molecular formula is C12H12O4. The molecule has 0 spiro atoms. The van der Waals surface area contributed by atoms with Crippen LogP contribution in [-0.4, -0.2) is 16.2 Å². The molecule has 4 heteroatoms. The number of hydrogen-bond donors (Lipinski definition) is 2. The second-order valence-electron chi connectivity index (χ2n) is 3.87. The van der Waals surface area contributed by atoms with Crippen molar-refractivity contribution in [2.45, 2.75) is 19.3 Å². The monoisotopic (exact) mass is 220 g/mol. The van der Waals surface area contributed by atoms with E-state index in [1.165, 1.54) is 12.3 Å². The first-order chi connectivity index (χ1) is 7.58. The van der Waals surface area contributed by atoms with E-state index in [-0.39, 0.29) is 18.1 Å². The van der Waals surface area contributed by atoms with E-state index in [0.29, 0.717) is 11.1 Å².